The number of rotatable bonds is 4. The minimum absolute atomic E-state index is 0.432. The lowest BCUT2D eigenvalue weighted by atomic mass is 10.3. The second-order valence-electron chi connectivity index (χ2n) is 4.64. The van der Waals surface area contributed by atoms with Crippen molar-refractivity contribution >= 4 is 22.8 Å². The molecule has 0 saturated carbocycles. The highest BCUT2D eigenvalue weighted by atomic mass is 32.2. The molecule has 0 amide bonds. The molecule has 0 aliphatic carbocycles. The van der Waals surface area contributed by atoms with Crippen LogP contribution in [0.25, 0.3) is 11.0 Å². The van der Waals surface area contributed by atoms with Gasteiger partial charge in [0.15, 0.2) is 5.16 Å². The fraction of sp³-hybridized carbons (Fsp3) is 0.200. The zero-order valence-electron chi connectivity index (χ0n) is 12.0. The average molecular weight is 339 g/mol. The minimum Gasteiger partial charge on any atom is -0.494 e. The van der Waals surface area contributed by atoms with E-state index < -0.39 is 11.7 Å². The molecule has 0 radical (unpaired) electrons. The van der Waals surface area contributed by atoms with E-state index in [-0.39, 0.29) is 0 Å². The maximum atomic E-state index is 12.5. The predicted octanol–water partition coefficient (Wildman–Crippen LogP) is 4.53. The van der Waals surface area contributed by atoms with Crippen molar-refractivity contribution in [2.45, 2.75) is 23.3 Å². The van der Waals surface area contributed by atoms with Crippen molar-refractivity contribution in [3.8, 4) is 5.75 Å². The molecular formula is C15H12F3N3OS. The molecule has 1 aromatic carbocycles. The number of pyridine rings is 1. The van der Waals surface area contributed by atoms with Crippen molar-refractivity contribution in [2.24, 2.45) is 0 Å². The Bertz CT molecular complexity index is 815. The summed E-state index contributed by atoms with van der Waals surface area (Å²) in [6.07, 6.45) is -3.57. The molecule has 0 bridgehead atoms. The number of H-pyrrole nitrogens is 1. The van der Waals surface area contributed by atoms with E-state index in [2.05, 4.69) is 15.0 Å². The summed E-state index contributed by atoms with van der Waals surface area (Å²) in [5, 5.41) is 0.989. The van der Waals surface area contributed by atoms with Gasteiger partial charge in [-0.1, -0.05) is 0 Å². The van der Waals surface area contributed by atoms with E-state index in [1.165, 1.54) is 17.8 Å². The van der Waals surface area contributed by atoms with E-state index in [0.29, 0.717) is 16.8 Å². The number of halogens is 3. The van der Waals surface area contributed by atoms with Crippen LogP contribution in [-0.2, 0) is 6.18 Å². The first-order valence-corrected chi connectivity index (χ1v) is 7.61. The minimum atomic E-state index is -4.38. The molecular weight excluding hydrogens is 327 g/mol. The lowest BCUT2D eigenvalue weighted by Crippen LogP contribution is -2.05. The molecule has 2 heterocycles. The van der Waals surface area contributed by atoms with Crippen molar-refractivity contribution in [1.29, 1.82) is 0 Å². The van der Waals surface area contributed by atoms with Gasteiger partial charge in [0.25, 0.3) is 0 Å². The normalized spacial score (nSPS) is 11.8. The molecule has 120 valence electrons. The van der Waals surface area contributed by atoms with Crippen molar-refractivity contribution in [1.82, 2.24) is 15.0 Å². The highest BCUT2D eigenvalue weighted by Crippen LogP contribution is 2.31. The topological polar surface area (TPSA) is 50.8 Å². The van der Waals surface area contributed by atoms with Gasteiger partial charge in [-0.25, -0.2) is 9.97 Å². The van der Waals surface area contributed by atoms with Crippen LogP contribution in [0.15, 0.2) is 46.7 Å². The summed E-state index contributed by atoms with van der Waals surface area (Å²) in [6, 6.07) is 7.80. The number of nitrogens with zero attached hydrogens (tertiary/aromatic N) is 2. The van der Waals surface area contributed by atoms with Gasteiger partial charge in [0.1, 0.15) is 10.8 Å². The van der Waals surface area contributed by atoms with E-state index in [1.54, 1.807) is 0 Å². The van der Waals surface area contributed by atoms with E-state index in [1.807, 2.05) is 25.1 Å². The van der Waals surface area contributed by atoms with Gasteiger partial charge in [0, 0.05) is 12.3 Å². The van der Waals surface area contributed by atoms with Crippen molar-refractivity contribution in [3.63, 3.8) is 0 Å². The molecule has 0 saturated heterocycles. The number of hydrogen-bond donors (Lipinski definition) is 1. The fourth-order valence-corrected chi connectivity index (χ4v) is 2.72. The smallest absolute Gasteiger partial charge is 0.417 e. The van der Waals surface area contributed by atoms with Crippen LogP contribution in [0.2, 0.25) is 0 Å². The van der Waals surface area contributed by atoms with Crippen LogP contribution in [0.1, 0.15) is 12.5 Å². The standard InChI is InChI=1S/C15H12F3N3OS/c1-2-22-10-4-5-11-12(7-10)21-14(20-11)23-13-6-3-9(8-19-13)15(16,17)18/h3-8H,2H2,1H3,(H,20,21). The first kappa shape index (κ1) is 15.7. The maximum absolute atomic E-state index is 12.5. The number of aromatic nitrogens is 3. The fourth-order valence-electron chi connectivity index (χ4n) is 1.98. The summed E-state index contributed by atoms with van der Waals surface area (Å²) in [7, 11) is 0. The molecule has 1 N–H and O–H groups in total. The Labute approximate surface area is 134 Å². The molecule has 4 nitrogen and oxygen atoms in total. The number of aromatic amines is 1. The van der Waals surface area contributed by atoms with Crippen LogP contribution in [0.4, 0.5) is 13.2 Å². The summed E-state index contributed by atoms with van der Waals surface area (Å²) >= 11 is 1.17. The summed E-state index contributed by atoms with van der Waals surface area (Å²) in [5.41, 5.74) is 0.779. The molecule has 0 aliphatic rings. The Kier molecular flexibility index (Phi) is 4.16. The molecule has 0 fully saturated rings. The highest BCUT2D eigenvalue weighted by Gasteiger charge is 2.30. The van der Waals surface area contributed by atoms with E-state index in [9.17, 15) is 13.2 Å². The van der Waals surface area contributed by atoms with Crippen LogP contribution in [0, 0.1) is 0 Å². The first-order chi connectivity index (χ1) is 11.0. The molecule has 0 aliphatic heterocycles. The largest absolute Gasteiger partial charge is 0.494 e. The van der Waals surface area contributed by atoms with Crippen molar-refractivity contribution < 1.29 is 17.9 Å². The molecule has 0 unspecified atom stereocenters. The second kappa shape index (κ2) is 6.11. The number of ether oxygens (including phenoxy) is 1. The third-order valence-corrected chi connectivity index (χ3v) is 3.84. The Balaban J connectivity index is 1.81. The molecule has 0 atom stereocenters. The zero-order chi connectivity index (χ0) is 16.4. The summed E-state index contributed by atoms with van der Waals surface area (Å²) in [6.45, 7) is 2.46. The van der Waals surface area contributed by atoms with Crippen LogP contribution >= 0.6 is 11.8 Å². The van der Waals surface area contributed by atoms with Gasteiger partial charge >= 0.3 is 6.18 Å². The van der Waals surface area contributed by atoms with E-state index >= 15 is 0 Å². The molecule has 3 rings (SSSR count). The molecule has 23 heavy (non-hydrogen) atoms. The van der Waals surface area contributed by atoms with Crippen molar-refractivity contribution in [2.75, 3.05) is 6.61 Å². The maximum Gasteiger partial charge on any atom is 0.417 e. The lowest BCUT2D eigenvalue weighted by molar-refractivity contribution is -0.137. The summed E-state index contributed by atoms with van der Waals surface area (Å²) in [4.78, 5) is 11.3. The second-order valence-corrected chi connectivity index (χ2v) is 5.65. The number of benzene rings is 1. The Hall–Kier alpha value is -2.22. The first-order valence-electron chi connectivity index (χ1n) is 6.79. The molecule has 3 aromatic rings. The zero-order valence-corrected chi connectivity index (χ0v) is 12.8. The van der Waals surface area contributed by atoms with Gasteiger partial charge in [-0.05, 0) is 43.0 Å². The van der Waals surface area contributed by atoms with Gasteiger partial charge in [0.05, 0.1) is 23.2 Å². The lowest BCUT2D eigenvalue weighted by Gasteiger charge is -2.05. The quantitative estimate of drug-likeness (QED) is 0.759. The Morgan fingerprint density at radius 1 is 1.22 bits per heavy atom. The monoisotopic (exact) mass is 339 g/mol. The molecule has 0 spiro atoms. The number of nitrogens with one attached hydrogen (secondary N) is 1. The average Bonchev–Trinajstić information content (AvgIpc) is 2.88. The van der Waals surface area contributed by atoms with Gasteiger partial charge < -0.3 is 9.72 Å². The van der Waals surface area contributed by atoms with Gasteiger partial charge in [-0.3, -0.25) is 0 Å². The van der Waals surface area contributed by atoms with E-state index in [4.69, 9.17) is 4.74 Å². The van der Waals surface area contributed by atoms with E-state index in [0.717, 1.165) is 29.0 Å². The number of fused-ring (bicyclic) bond motifs is 1. The summed E-state index contributed by atoms with van der Waals surface area (Å²) < 4.78 is 42.9. The predicted molar refractivity (Wildman–Crippen MR) is 80.6 cm³/mol. The summed E-state index contributed by atoms with van der Waals surface area (Å²) in [5.74, 6) is 0.729. The third-order valence-electron chi connectivity index (χ3n) is 3.01. The van der Waals surface area contributed by atoms with Gasteiger partial charge in [-0.15, -0.1) is 0 Å². The molecule has 8 heteroatoms. The van der Waals surface area contributed by atoms with Gasteiger partial charge in [-0.2, -0.15) is 13.2 Å². The van der Waals surface area contributed by atoms with Gasteiger partial charge in [0.2, 0.25) is 0 Å². The van der Waals surface area contributed by atoms with Crippen molar-refractivity contribution in [3.05, 3.63) is 42.1 Å². The SMILES string of the molecule is CCOc1ccc2nc(Sc3ccc(C(F)(F)F)cn3)[nH]c2c1. The van der Waals surface area contributed by atoms with Crippen LogP contribution in [0.3, 0.4) is 0 Å². The number of hydrogen-bond acceptors (Lipinski definition) is 4. The van der Waals surface area contributed by atoms with Crippen LogP contribution in [-0.4, -0.2) is 21.6 Å². The number of imidazole rings is 1. The number of alkyl halides is 3. The Morgan fingerprint density at radius 3 is 2.70 bits per heavy atom. The third kappa shape index (κ3) is 3.58. The highest BCUT2D eigenvalue weighted by molar-refractivity contribution is 7.99. The Morgan fingerprint density at radius 2 is 2.04 bits per heavy atom. The van der Waals surface area contributed by atoms with Crippen LogP contribution in [0.5, 0.6) is 5.75 Å². The molecule has 2 aromatic heterocycles. The van der Waals surface area contributed by atoms with Crippen LogP contribution < -0.4 is 4.74 Å².